The average molecular weight is 209 g/mol. The maximum absolute atomic E-state index is 11.3. The van der Waals surface area contributed by atoms with Crippen molar-refractivity contribution < 1.29 is 9.59 Å². The van der Waals surface area contributed by atoms with Crippen molar-refractivity contribution in [3.63, 3.8) is 0 Å². The van der Waals surface area contributed by atoms with E-state index in [0.29, 0.717) is 5.84 Å². The fourth-order valence-electron chi connectivity index (χ4n) is 1.26. The van der Waals surface area contributed by atoms with E-state index < -0.39 is 6.03 Å². The van der Waals surface area contributed by atoms with Crippen LogP contribution in [0.5, 0.6) is 0 Å². The Bertz CT molecular complexity index is 305. The predicted octanol–water partition coefficient (Wildman–Crippen LogP) is 0.923. The van der Waals surface area contributed by atoms with Gasteiger partial charge in [-0.05, 0) is 12.5 Å². The molecule has 1 heterocycles. The number of hydrogen-bond donors (Lipinski definition) is 1. The molecule has 15 heavy (non-hydrogen) atoms. The van der Waals surface area contributed by atoms with Gasteiger partial charge in [0.2, 0.25) is 0 Å². The predicted molar refractivity (Wildman–Crippen MR) is 57.7 cm³/mol. The molecule has 1 aliphatic rings. The van der Waals surface area contributed by atoms with Crippen LogP contribution in [0.15, 0.2) is 17.1 Å². The minimum absolute atomic E-state index is 0.0550. The zero-order chi connectivity index (χ0) is 11.3. The summed E-state index contributed by atoms with van der Waals surface area (Å²) in [6, 6.07) is -0.401. The number of hydrogen-bond acceptors (Lipinski definition) is 3. The van der Waals surface area contributed by atoms with E-state index in [-0.39, 0.29) is 12.5 Å². The van der Waals surface area contributed by atoms with Crippen molar-refractivity contribution in [3.8, 4) is 0 Å². The summed E-state index contributed by atoms with van der Waals surface area (Å²) in [5.74, 6) is 0.130. The third kappa shape index (κ3) is 2.65. The lowest BCUT2D eigenvalue weighted by Crippen LogP contribution is -2.35. The second-order valence-electron chi connectivity index (χ2n) is 3.16. The highest BCUT2D eigenvalue weighted by atomic mass is 16.2. The number of amides is 3. The van der Waals surface area contributed by atoms with Crippen LogP contribution in [0, 0.1) is 0 Å². The molecule has 1 rings (SSSR count). The molecule has 0 radical (unpaired) electrons. The Hall–Kier alpha value is -1.65. The van der Waals surface area contributed by atoms with E-state index in [1.54, 1.807) is 13.1 Å². The van der Waals surface area contributed by atoms with Gasteiger partial charge < -0.3 is 5.32 Å². The van der Waals surface area contributed by atoms with Crippen molar-refractivity contribution >= 4 is 17.8 Å². The van der Waals surface area contributed by atoms with Crippen molar-refractivity contribution in [3.05, 3.63) is 12.2 Å². The molecule has 0 aromatic carbocycles. The van der Waals surface area contributed by atoms with Gasteiger partial charge in [0.15, 0.2) is 0 Å². The number of carbonyl (C=O) groups is 2. The fraction of sp³-hybridized carbons (Fsp3) is 0.500. The highest BCUT2D eigenvalue weighted by Gasteiger charge is 2.31. The number of allylic oxidation sites excluding steroid dienone is 1. The SMILES string of the molecule is CCC/C=C\C(=NC)N1C(=O)CNC1=O. The standard InChI is InChI=1S/C10H15N3O2/c1-3-4-5-6-8(11-2)13-9(14)7-12-10(13)15/h5-6H,3-4,7H2,1-2H3,(H,12,15)/b6-5-,11-8?. The Morgan fingerprint density at radius 3 is 2.80 bits per heavy atom. The van der Waals surface area contributed by atoms with Gasteiger partial charge in [0.05, 0.1) is 6.54 Å². The number of amidine groups is 1. The highest BCUT2D eigenvalue weighted by molar-refractivity contribution is 6.19. The van der Waals surface area contributed by atoms with Crippen molar-refractivity contribution in [2.45, 2.75) is 19.8 Å². The van der Waals surface area contributed by atoms with Gasteiger partial charge in [-0.25, -0.2) is 9.69 Å². The smallest absolute Gasteiger partial charge is 0.328 e. The van der Waals surface area contributed by atoms with E-state index in [2.05, 4.69) is 17.2 Å². The minimum atomic E-state index is -0.401. The normalized spacial score (nSPS) is 17.7. The van der Waals surface area contributed by atoms with E-state index in [4.69, 9.17) is 0 Å². The van der Waals surface area contributed by atoms with E-state index in [9.17, 15) is 9.59 Å². The molecule has 0 atom stereocenters. The summed E-state index contributed by atoms with van der Waals surface area (Å²) >= 11 is 0. The van der Waals surface area contributed by atoms with Gasteiger partial charge in [-0.2, -0.15) is 0 Å². The van der Waals surface area contributed by atoms with Crippen LogP contribution in [-0.2, 0) is 4.79 Å². The van der Waals surface area contributed by atoms with Crippen molar-refractivity contribution in [1.29, 1.82) is 0 Å². The third-order valence-electron chi connectivity index (χ3n) is 2.02. The maximum Gasteiger partial charge on any atom is 0.330 e. The van der Waals surface area contributed by atoms with Crippen LogP contribution in [0.1, 0.15) is 19.8 Å². The molecule has 5 nitrogen and oxygen atoms in total. The summed E-state index contributed by atoms with van der Waals surface area (Å²) in [6.45, 7) is 2.11. The van der Waals surface area contributed by atoms with Crippen molar-refractivity contribution in [2.75, 3.05) is 13.6 Å². The summed E-state index contributed by atoms with van der Waals surface area (Å²) < 4.78 is 0. The molecule has 1 saturated heterocycles. The summed E-state index contributed by atoms with van der Waals surface area (Å²) in [5, 5.41) is 2.45. The Morgan fingerprint density at radius 2 is 2.33 bits per heavy atom. The first-order chi connectivity index (χ1) is 7.20. The number of rotatable bonds is 3. The third-order valence-corrected chi connectivity index (χ3v) is 2.02. The van der Waals surface area contributed by atoms with E-state index in [0.717, 1.165) is 17.7 Å². The van der Waals surface area contributed by atoms with Crippen LogP contribution in [-0.4, -0.2) is 36.3 Å². The Morgan fingerprint density at radius 1 is 1.60 bits per heavy atom. The molecule has 0 aliphatic carbocycles. The topological polar surface area (TPSA) is 61.8 Å². The molecule has 0 spiro atoms. The van der Waals surface area contributed by atoms with Crippen molar-refractivity contribution in [1.82, 2.24) is 10.2 Å². The van der Waals surface area contributed by atoms with Crippen molar-refractivity contribution in [2.24, 2.45) is 4.99 Å². The lowest BCUT2D eigenvalue weighted by molar-refractivity contribution is -0.122. The number of nitrogens with zero attached hydrogens (tertiary/aromatic N) is 2. The van der Waals surface area contributed by atoms with Crippen LogP contribution in [0.25, 0.3) is 0 Å². The molecule has 0 aromatic rings. The van der Waals surface area contributed by atoms with Gasteiger partial charge in [-0.3, -0.25) is 9.79 Å². The van der Waals surface area contributed by atoms with Crippen LogP contribution >= 0.6 is 0 Å². The maximum atomic E-state index is 11.3. The summed E-state index contributed by atoms with van der Waals surface area (Å²) in [6.07, 6.45) is 5.53. The second kappa shape index (κ2) is 5.29. The first-order valence-corrected chi connectivity index (χ1v) is 4.94. The number of imide groups is 1. The first kappa shape index (κ1) is 11.4. The summed E-state index contributed by atoms with van der Waals surface area (Å²) in [7, 11) is 1.56. The molecule has 5 heteroatoms. The van der Waals surface area contributed by atoms with E-state index in [1.165, 1.54) is 0 Å². The lowest BCUT2D eigenvalue weighted by atomic mass is 10.3. The Kier molecular flexibility index (Phi) is 4.03. The molecule has 82 valence electrons. The second-order valence-corrected chi connectivity index (χ2v) is 3.16. The minimum Gasteiger partial charge on any atom is -0.328 e. The largest absolute Gasteiger partial charge is 0.330 e. The lowest BCUT2D eigenvalue weighted by Gasteiger charge is -2.11. The monoisotopic (exact) mass is 209 g/mol. The number of aliphatic imine (C=N–C) groups is 1. The molecular formula is C10H15N3O2. The van der Waals surface area contributed by atoms with Gasteiger partial charge in [0.25, 0.3) is 5.91 Å². The molecule has 1 aliphatic heterocycles. The summed E-state index contributed by atoms with van der Waals surface area (Å²) in [5.41, 5.74) is 0. The molecular weight excluding hydrogens is 194 g/mol. The van der Waals surface area contributed by atoms with E-state index >= 15 is 0 Å². The zero-order valence-electron chi connectivity index (χ0n) is 8.99. The van der Waals surface area contributed by atoms with Gasteiger partial charge in [-0.1, -0.05) is 19.4 Å². The van der Waals surface area contributed by atoms with Gasteiger partial charge in [0.1, 0.15) is 5.84 Å². The molecule has 0 bridgehead atoms. The Balaban J connectivity index is 2.75. The number of carbonyl (C=O) groups excluding carboxylic acids is 2. The van der Waals surface area contributed by atoms with Gasteiger partial charge in [-0.15, -0.1) is 0 Å². The van der Waals surface area contributed by atoms with Crippen LogP contribution < -0.4 is 5.32 Å². The van der Waals surface area contributed by atoms with Crippen LogP contribution in [0.3, 0.4) is 0 Å². The first-order valence-electron chi connectivity index (χ1n) is 4.94. The zero-order valence-corrected chi connectivity index (χ0v) is 8.99. The molecule has 1 N–H and O–H groups in total. The summed E-state index contributed by atoms with van der Waals surface area (Å²) in [4.78, 5) is 27.6. The van der Waals surface area contributed by atoms with E-state index in [1.807, 2.05) is 6.08 Å². The van der Waals surface area contributed by atoms with Gasteiger partial charge in [0, 0.05) is 7.05 Å². The quantitative estimate of drug-likeness (QED) is 0.427. The highest BCUT2D eigenvalue weighted by Crippen LogP contribution is 2.03. The molecule has 0 saturated carbocycles. The molecule has 1 fully saturated rings. The average Bonchev–Trinajstić information content (AvgIpc) is 2.55. The Labute approximate surface area is 88.9 Å². The molecule has 0 unspecified atom stereocenters. The number of nitrogens with one attached hydrogen (secondary N) is 1. The fourth-order valence-corrected chi connectivity index (χ4v) is 1.26. The number of unbranched alkanes of at least 4 members (excludes halogenated alkanes) is 1. The van der Waals surface area contributed by atoms with Crippen LogP contribution in [0.4, 0.5) is 4.79 Å². The van der Waals surface area contributed by atoms with Crippen LogP contribution in [0.2, 0.25) is 0 Å². The van der Waals surface area contributed by atoms with Gasteiger partial charge >= 0.3 is 6.03 Å². The molecule has 3 amide bonds. The number of urea groups is 1. The molecule has 0 aromatic heterocycles.